The molecular formula is C32H50O4Si. The zero-order valence-corrected chi connectivity index (χ0v) is 25.5. The van der Waals surface area contributed by atoms with Gasteiger partial charge in [0.05, 0.1) is 19.8 Å². The van der Waals surface area contributed by atoms with Gasteiger partial charge in [-0.05, 0) is 78.9 Å². The van der Waals surface area contributed by atoms with Crippen molar-refractivity contribution in [2.45, 2.75) is 96.7 Å². The Bertz CT molecular complexity index is 987. The van der Waals surface area contributed by atoms with Gasteiger partial charge in [0.15, 0.2) is 8.32 Å². The van der Waals surface area contributed by atoms with Crippen LogP contribution in [0.2, 0.25) is 18.1 Å². The third-order valence-corrected chi connectivity index (χ3v) is 14.4. The SMILES string of the molecule is C=C[C@@]12CC[C@@H]([C@H](OCc3ccc(OC)cc3)[C@@]1(O)/C=C\C(=C)CCCO[Si](C)(C)C(C)(C)C)C2(C)C. The minimum absolute atomic E-state index is 0.128. The van der Waals surface area contributed by atoms with Crippen molar-refractivity contribution in [1.29, 1.82) is 0 Å². The lowest BCUT2D eigenvalue weighted by Crippen LogP contribution is -2.53. The quantitative estimate of drug-likeness (QED) is 0.130. The van der Waals surface area contributed by atoms with E-state index < -0.39 is 19.3 Å². The second kappa shape index (κ2) is 10.8. The highest BCUT2D eigenvalue weighted by Crippen LogP contribution is 2.71. The molecule has 2 bridgehead atoms. The molecule has 4 nitrogen and oxygen atoms in total. The summed E-state index contributed by atoms with van der Waals surface area (Å²) in [5, 5.41) is 12.6. The molecule has 1 aromatic rings. The first kappa shape index (κ1) is 29.9. The first-order valence-electron chi connectivity index (χ1n) is 13.8. The van der Waals surface area contributed by atoms with Crippen LogP contribution in [-0.2, 0) is 15.8 Å². The number of hydrogen-bond acceptors (Lipinski definition) is 4. The van der Waals surface area contributed by atoms with E-state index in [2.05, 4.69) is 60.9 Å². The van der Waals surface area contributed by atoms with Gasteiger partial charge in [-0.3, -0.25) is 0 Å². The van der Waals surface area contributed by atoms with Crippen LogP contribution in [0.1, 0.15) is 65.9 Å². The van der Waals surface area contributed by atoms with Crippen molar-refractivity contribution in [3.05, 3.63) is 66.8 Å². The standard InChI is InChI=1S/C32H50O4Si/c1-11-31-20-19-27(30(31,6)7)28(35-23-25-14-16-26(34-8)17-15-25)32(31,33)21-18-24(2)13-12-22-36-37(9,10)29(3,4)5/h11,14-18,21,27-28,33H,1-2,12-13,19-20,22-23H2,3-10H3/b21-18-/t27-,28-,31-,32-/m0/s1. The molecule has 1 aromatic carbocycles. The Kier molecular flexibility index (Phi) is 8.75. The molecule has 0 unspecified atom stereocenters. The summed E-state index contributed by atoms with van der Waals surface area (Å²) in [6.45, 7) is 25.6. The molecule has 0 aliphatic heterocycles. The molecule has 0 saturated heterocycles. The number of methoxy groups -OCH3 is 1. The zero-order chi connectivity index (χ0) is 27.7. The van der Waals surface area contributed by atoms with Gasteiger partial charge in [0.1, 0.15) is 11.4 Å². The third kappa shape index (κ3) is 5.43. The fourth-order valence-corrected chi connectivity index (χ4v) is 7.39. The average Bonchev–Trinajstić information content (AvgIpc) is 3.17. The van der Waals surface area contributed by atoms with Crippen LogP contribution in [0.5, 0.6) is 5.75 Å². The summed E-state index contributed by atoms with van der Waals surface area (Å²) in [4.78, 5) is 0. The van der Waals surface area contributed by atoms with Crippen LogP contribution < -0.4 is 4.74 Å². The molecule has 2 saturated carbocycles. The summed E-state index contributed by atoms with van der Waals surface area (Å²) in [7, 11) is -0.0769. The van der Waals surface area contributed by atoms with Gasteiger partial charge < -0.3 is 19.0 Å². The number of allylic oxidation sites excluding steroid dienone is 2. The number of aliphatic hydroxyl groups is 1. The molecule has 5 heteroatoms. The highest BCUT2D eigenvalue weighted by molar-refractivity contribution is 6.74. The van der Waals surface area contributed by atoms with Gasteiger partial charge in [0.2, 0.25) is 0 Å². The van der Waals surface area contributed by atoms with Crippen molar-refractivity contribution < 1.29 is 19.0 Å². The Morgan fingerprint density at radius 1 is 1.19 bits per heavy atom. The maximum atomic E-state index is 12.3. The summed E-state index contributed by atoms with van der Waals surface area (Å²) in [5.74, 6) is 1.06. The van der Waals surface area contributed by atoms with Gasteiger partial charge in [-0.15, -0.1) is 6.58 Å². The Balaban J connectivity index is 1.72. The van der Waals surface area contributed by atoms with Crippen LogP contribution in [0.3, 0.4) is 0 Å². The molecule has 3 rings (SSSR count). The van der Waals surface area contributed by atoms with Crippen molar-refractivity contribution >= 4 is 8.32 Å². The number of ether oxygens (including phenoxy) is 2. The molecule has 0 spiro atoms. The van der Waals surface area contributed by atoms with Gasteiger partial charge in [0, 0.05) is 12.0 Å². The highest BCUT2D eigenvalue weighted by atomic mass is 28.4. The molecule has 2 aliphatic rings. The van der Waals surface area contributed by atoms with Crippen molar-refractivity contribution in [1.82, 2.24) is 0 Å². The van der Waals surface area contributed by atoms with Gasteiger partial charge in [0.25, 0.3) is 0 Å². The molecule has 37 heavy (non-hydrogen) atoms. The summed E-state index contributed by atoms with van der Waals surface area (Å²) in [5.41, 5.74) is 0.343. The van der Waals surface area contributed by atoms with Crippen LogP contribution in [0.4, 0.5) is 0 Å². The fourth-order valence-electron chi connectivity index (χ4n) is 6.30. The van der Waals surface area contributed by atoms with Crippen molar-refractivity contribution in [2.75, 3.05) is 13.7 Å². The summed E-state index contributed by atoms with van der Waals surface area (Å²) in [6.07, 6.45) is 9.34. The minimum Gasteiger partial charge on any atom is -0.497 e. The Labute approximate surface area is 226 Å². The van der Waals surface area contributed by atoms with Crippen LogP contribution in [0.15, 0.2) is 61.2 Å². The van der Waals surface area contributed by atoms with E-state index in [0.29, 0.717) is 6.61 Å². The van der Waals surface area contributed by atoms with E-state index >= 15 is 0 Å². The van der Waals surface area contributed by atoms with Crippen LogP contribution in [0, 0.1) is 16.7 Å². The molecule has 4 atom stereocenters. The lowest BCUT2D eigenvalue weighted by atomic mass is 9.62. The predicted octanol–water partition coefficient (Wildman–Crippen LogP) is 7.85. The fraction of sp³-hybridized carbons (Fsp3) is 0.625. The Morgan fingerprint density at radius 3 is 2.41 bits per heavy atom. The van der Waals surface area contributed by atoms with E-state index in [9.17, 15) is 5.11 Å². The molecule has 1 N–H and O–H groups in total. The molecule has 0 aromatic heterocycles. The average molecular weight is 527 g/mol. The Morgan fingerprint density at radius 2 is 1.84 bits per heavy atom. The van der Waals surface area contributed by atoms with Crippen molar-refractivity contribution in [3.63, 3.8) is 0 Å². The number of benzene rings is 1. The normalized spacial score (nSPS) is 29.1. The summed E-state index contributed by atoms with van der Waals surface area (Å²) in [6, 6.07) is 7.92. The molecule has 0 radical (unpaired) electrons. The monoisotopic (exact) mass is 526 g/mol. The first-order valence-corrected chi connectivity index (χ1v) is 16.7. The molecule has 0 amide bonds. The zero-order valence-electron chi connectivity index (χ0n) is 24.5. The van der Waals surface area contributed by atoms with E-state index in [1.54, 1.807) is 7.11 Å². The number of hydrogen-bond donors (Lipinski definition) is 1. The largest absolute Gasteiger partial charge is 0.497 e. The van der Waals surface area contributed by atoms with E-state index in [4.69, 9.17) is 13.9 Å². The molecule has 2 aliphatic carbocycles. The van der Waals surface area contributed by atoms with E-state index in [-0.39, 0.29) is 22.5 Å². The Hall–Kier alpha value is -1.66. The summed E-state index contributed by atoms with van der Waals surface area (Å²) < 4.78 is 18.2. The maximum absolute atomic E-state index is 12.3. The number of rotatable bonds is 12. The molecular weight excluding hydrogens is 476 g/mol. The lowest BCUT2D eigenvalue weighted by molar-refractivity contribution is -0.133. The molecule has 206 valence electrons. The topological polar surface area (TPSA) is 47.9 Å². The molecule has 0 heterocycles. The van der Waals surface area contributed by atoms with Gasteiger partial charge in [-0.25, -0.2) is 0 Å². The maximum Gasteiger partial charge on any atom is 0.191 e. The van der Waals surface area contributed by atoms with Gasteiger partial charge in [-0.1, -0.05) is 71.1 Å². The van der Waals surface area contributed by atoms with Gasteiger partial charge >= 0.3 is 0 Å². The highest BCUT2D eigenvalue weighted by Gasteiger charge is 2.74. The van der Waals surface area contributed by atoms with Crippen LogP contribution >= 0.6 is 0 Å². The van der Waals surface area contributed by atoms with Crippen molar-refractivity contribution in [3.8, 4) is 5.75 Å². The first-order chi connectivity index (χ1) is 17.1. The van der Waals surface area contributed by atoms with Crippen LogP contribution in [-0.4, -0.2) is 38.8 Å². The smallest absolute Gasteiger partial charge is 0.191 e. The van der Waals surface area contributed by atoms with E-state index in [0.717, 1.165) is 49.2 Å². The molecule has 2 fully saturated rings. The second-order valence-corrected chi connectivity index (χ2v) is 18.0. The second-order valence-electron chi connectivity index (χ2n) is 13.2. The van der Waals surface area contributed by atoms with Crippen LogP contribution in [0.25, 0.3) is 0 Å². The minimum atomic E-state index is -1.74. The predicted molar refractivity (Wildman–Crippen MR) is 156 cm³/mol. The summed E-state index contributed by atoms with van der Waals surface area (Å²) >= 11 is 0. The van der Waals surface area contributed by atoms with E-state index in [1.165, 1.54) is 0 Å². The number of fused-ring (bicyclic) bond motifs is 2. The van der Waals surface area contributed by atoms with Gasteiger partial charge in [-0.2, -0.15) is 0 Å². The lowest BCUT2D eigenvalue weighted by Gasteiger charge is -2.46. The van der Waals surface area contributed by atoms with E-state index in [1.807, 2.05) is 42.5 Å². The van der Waals surface area contributed by atoms with Crippen molar-refractivity contribution in [2.24, 2.45) is 16.7 Å². The third-order valence-electron chi connectivity index (χ3n) is 9.86.